The molecule has 0 unspecified atom stereocenters. The number of hydrogen-bond donors (Lipinski definition) is 0. The third-order valence-electron chi connectivity index (χ3n) is 26.0. The quantitative estimate of drug-likeness (QED) is 0.0508. The van der Waals surface area contributed by atoms with Gasteiger partial charge in [-0.05, 0) is 307 Å². The van der Waals surface area contributed by atoms with E-state index < -0.39 is 5.82 Å². The Bertz CT molecular complexity index is 7520. The lowest BCUT2D eigenvalue weighted by molar-refractivity contribution is -0.130. The minimum absolute atomic E-state index is 0.00395. The van der Waals surface area contributed by atoms with Crippen molar-refractivity contribution in [3.05, 3.63) is 331 Å². The van der Waals surface area contributed by atoms with Crippen LogP contribution < -0.4 is 23.7 Å². The van der Waals surface area contributed by atoms with E-state index in [4.69, 9.17) is 55.2 Å². The minimum atomic E-state index is -0.603. The summed E-state index contributed by atoms with van der Waals surface area (Å²) in [5, 5.41) is 0.00395. The molecule has 0 spiro atoms. The number of amides is 4. The van der Waals surface area contributed by atoms with Gasteiger partial charge in [0.15, 0.2) is 23.1 Å². The van der Waals surface area contributed by atoms with Crippen LogP contribution in [0.3, 0.4) is 0 Å². The van der Waals surface area contributed by atoms with Crippen LogP contribution in [-0.2, 0) is 25.6 Å². The molecular formula is C114H109ClF2N16O9. The molecule has 4 aliphatic rings. The van der Waals surface area contributed by atoms with Gasteiger partial charge < -0.3 is 43.3 Å². The molecule has 720 valence electrons. The summed E-state index contributed by atoms with van der Waals surface area (Å²) in [6.07, 6.45) is 29.9. The van der Waals surface area contributed by atoms with Crippen LogP contribution in [0.5, 0.6) is 51.7 Å². The summed E-state index contributed by atoms with van der Waals surface area (Å²) in [5.41, 5.74) is 15.8. The summed E-state index contributed by atoms with van der Waals surface area (Å²) in [7, 11) is 1.63. The molecule has 12 heterocycles. The van der Waals surface area contributed by atoms with E-state index in [1.165, 1.54) is 29.8 Å². The van der Waals surface area contributed by atoms with Crippen LogP contribution in [-0.4, -0.2) is 134 Å². The molecule has 25 nitrogen and oxygen atoms in total. The van der Waals surface area contributed by atoms with Crippen molar-refractivity contribution in [1.82, 2.24) is 77.1 Å². The van der Waals surface area contributed by atoms with E-state index in [9.17, 15) is 28.0 Å². The molecule has 0 radical (unpaired) electrons. The zero-order valence-electron chi connectivity index (χ0n) is 80.8. The number of carbonyl (C=O) groups excluding carboxylic acids is 4. The highest BCUT2D eigenvalue weighted by atomic mass is 35.5. The van der Waals surface area contributed by atoms with Crippen molar-refractivity contribution in [3.8, 4) is 120 Å². The molecular weight excluding hydrogens is 1810 g/mol. The van der Waals surface area contributed by atoms with Crippen LogP contribution in [0.1, 0.15) is 179 Å². The number of benzene rings is 8. The zero-order valence-corrected chi connectivity index (χ0v) is 81.6. The van der Waals surface area contributed by atoms with Gasteiger partial charge in [-0.15, -0.1) is 0 Å². The van der Waals surface area contributed by atoms with Gasteiger partial charge in [0.05, 0.1) is 104 Å². The number of likely N-dealkylation sites (tertiary alicyclic amines) is 4. The number of methoxy groups -OCH3 is 1. The summed E-state index contributed by atoms with van der Waals surface area (Å²) in [6, 6.07) is 55.4. The fourth-order valence-corrected chi connectivity index (χ4v) is 19.2. The summed E-state index contributed by atoms with van der Waals surface area (Å²) in [5.74, 6) is 17.8. The molecule has 20 rings (SSSR count). The Hall–Kier alpha value is -16.1. The maximum Gasteiger partial charge on any atom is 0.299 e. The van der Waals surface area contributed by atoms with E-state index in [0.717, 1.165) is 220 Å². The average molecular weight is 1920 g/mol. The molecule has 4 saturated heterocycles. The maximum absolute atomic E-state index is 14.4. The van der Waals surface area contributed by atoms with E-state index >= 15 is 0 Å². The molecule has 8 aromatic heterocycles. The van der Waals surface area contributed by atoms with Crippen LogP contribution in [0.2, 0.25) is 5.02 Å². The third kappa shape index (κ3) is 21.1. The number of aryl methyl sites for hydroxylation is 6. The summed E-state index contributed by atoms with van der Waals surface area (Å²) in [4.78, 5) is 96.5. The lowest BCUT2D eigenvalue weighted by atomic mass is 10.0. The minimum Gasteiger partial charge on any atom is -0.497 e. The van der Waals surface area contributed by atoms with Gasteiger partial charge in [-0.1, -0.05) is 79.9 Å². The standard InChI is InChI=1S/C29H28N4O3.C29H30N4O2.C28H24ClFN4O2.C28H27FN4O2/c1-4-8-26(34)32-17-6-5-11-25(32)29-31-27(28-20(2)30-16-18-33(28)29)21-12-14-22(15-13-21)36-24-10-7-9-23(19-24)35-3;1-4-21-9-8-10-24(19-21)35-23-14-12-22(13-15-23)27-28-20(3)30-16-18-33(28)29(31-27)25-11-6-7-17-32(25)26(34)5-2;1-3-7-24(35)33-16-5-4-9-22(33)28-32-26(27-18(2)31-15-17-34(27)28)19-11-13-20(14-12-19)36-23-10-6-8-21(29)25(23)30;1-4-24(34)32-16-6-5-9-22(32)28-31-26(27-19(3)30-15-17-33(27)28)20-11-13-21(14-12-20)35-23-10-7-8-18(2)25(23)29/h7,9-10,12-16,18-19,25H,5-6,11,17H2,1-3H3;5,8-10,12-16,18-19,25H,2,4,6-7,11,17H2,1,3H3;6,8,10-15,17,22H,4-5,9,16H2,1-2H3;4,7-8,10-15,17,22H,1,5-6,9,16H2,2-3H3/t2*25-;2*22-/m0000/s1. The molecule has 4 atom stereocenters. The van der Waals surface area contributed by atoms with Crippen molar-refractivity contribution in [1.29, 1.82) is 0 Å². The number of carbonyl (C=O) groups is 4. The number of halogens is 3. The number of aromatic nitrogens is 12. The Balaban J connectivity index is 0.000000130. The molecule has 8 aromatic carbocycles. The van der Waals surface area contributed by atoms with Crippen molar-refractivity contribution in [2.45, 2.75) is 163 Å². The largest absolute Gasteiger partial charge is 0.497 e. The summed E-state index contributed by atoms with van der Waals surface area (Å²) in [6.45, 7) is 25.2. The van der Waals surface area contributed by atoms with Crippen LogP contribution in [0, 0.1) is 69.9 Å². The molecule has 28 heteroatoms. The smallest absolute Gasteiger partial charge is 0.299 e. The normalized spacial score (nSPS) is 15.6. The monoisotopic (exact) mass is 1920 g/mol. The Morgan fingerprint density at radius 2 is 0.711 bits per heavy atom. The van der Waals surface area contributed by atoms with Crippen LogP contribution >= 0.6 is 11.6 Å². The first-order valence-corrected chi connectivity index (χ1v) is 48.2. The highest BCUT2D eigenvalue weighted by Crippen LogP contribution is 2.44. The number of imidazole rings is 4. The number of nitrogens with zero attached hydrogens (tertiary/aromatic N) is 16. The molecule has 0 saturated carbocycles. The van der Waals surface area contributed by atoms with Crippen molar-refractivity contribution in [2.75, 3.05) is 33.3 Å². The van der Waals surface area contributed by atoms with Crippen LogP contribution in [0.15, 0.2) is 257 Å². The first-order chi connectivity index (χ1) is 69.1. The lowest BCUT2D eigenvalue weighted by Gasteiger charge is -2.34. The molecule has 0 N–H and O–H groups in total. The van der Waals surface area contributed by atoms with E-state index in [1.807, 2.05) is 202 Å². The second-order valence-electron chi connectivity index (χ2n) is 35.1. The number of ether oxygens (including phenoxy) is 5. The van der Waals surface area contributed by atoms with Gasteiger partial charge in [0.1, 0.15) is 63.5 Å². The number of fused-ring (bicyclic) bond motifs is 4. The van der Waals surface area contributed by atoms with Crippen molar-refractivity contribution >= 4 is 57.3 Å². The van der Waals surface area contributed by atoms with Gasteiger partial charge >= 0.3 is 0 Å². The topological polar surface area (TPSA) is 248 Å². The number of rotatable bonds is 20. The van der Waals surface area contributed by atoms with Crippen molar-refractivity contribution < 1.29 is 51.6 Å². The molecule has 16 aromatic rings. The second kappa shape index (κ2) is 44.3. The zero-order chi connectivity index (χ0) is 99.2. The summed E-state index contributed by atoms with van der Waals surface area (Å²) < 4.78 is 65.7. The fourth-order valence-electron chi connectivity index (χ4n) is 19.0. The molecule has 4 aliphatic heterocycles. The van der Waals surface area contributed by atoms with E-state index in [2.05, 4.69) is 84.6 Å². The highest BCUT2D eigenvalue weighted by molar-refractivity contribution is 6.30. The van der Waals surface area contributed by atoms with E-state index in [0.29, 0.717) is 48.2 Å². The molecule has 142 heavy (non-hydrogen) atoms. The average Bonchev–Trinajstić information content (AvgIpc) is 1.62. The highest BCUT2D eigenvalue weighted by Gasteiger charge is 2.37. The molecule has 0 bridgehead atoms. The first-order valence-electron chi connectivity index (χ1n) is 47.9. The predicted octanol–water partition coefficient (Wildman–Crippen LogP) is 24.4. The molecule has 0 aliphatic carbocycles. The van der Waals surface area contributed by atoms with Gasteiger partial charge in [0.2, 0.25) is 11.8 Å². The van der Waals surface area contributed by atoms with Crippen molar-refractivity contribution in [3.63, 3.8) is 0 Å². The lowest BCUT2D eigenvalue weighted by Crippen LogP contribution is -2.38. The van der Waals surface area contributed by atoms with Gasteiger partial charge in [-0.2, -0.15) is 0 Å². The molecule has 4 amide bonds. The first kappa shape index (κ1) is 97.5. The Kier molecular flexibility index (Phi) is 30.4. The maximum atomic E-state index is 14.4. The van der Waals surface area contributed by atoms with Gasteiger partial charge in [0, 0.05) is 104 Å². The predicted molar refractivity (Wildman–Crippen MR) is 545 cm³/mol. The second-order valence-corrected chi connectivity index (χ2v) is 35.5. The van der Waals surface area contributed by atoms with Gasteiger partial charge in [-0.3, -0.25) is 56.7 Å². The van der Waals surface area contributed by atoms with E-state index in [1.54, 1.807) is 89.1 Å². The molecule has 4 fully saturated rings. The number of hydrogen-bond acceptors (Lipinski definition) is 17. The Morgan fingerprint density at radius 3 is 1.06 bits per heavy atom. The fraction of sp³-hybridized carbons (Fsp3) is 0.263. The number of piperidine rings is 4. The van der Waals surface area contributed by atoms with Crippen LogP contribution in [0.4, 0.5) is 8.78 Å². The Morgan fingerprint density at radius 1 is 0.394 bits per heavy atom. The Labute approximate surface area is 828 Å². The SMILES string of the molecule is C=CC(=O)N1CCCC[C@H]1c1nc(-c2ccc(Oc3cccc(C)c3F)cc2)c2c(C)nccn12.C=CC(=O)N1CCCC[C@H]1c1nc(-c2ccc(Oc3cccc(CC)c3)cc2)c2c(C)nccn12.CC#CC(=O)N1CCCC[C@H]1c1nc(-c2ccc(Oc3cccc(Cl)c3F)cc2)c2c(C)nccn12.CC#CC(=O)N1CCCC[C@H]1c1nc(-c2ccc(Oc3cccc(OC)c3)cc2)c2c(C)nccn12. The van der Waals surface area contributed by atoms with Gasteiger partial charge in [0.25, 0.3) is 11.8 Å². The van der Waals surface area contributed by atoms with Gasteiger partial charge in [-0.25, -0.2) is 28.7 Å². The van der Waals surface area contributed by atoms with E-state index in [-0.39, 0.29) is 70.1 Å². The van der Waals surface area contributed by atoms with Crippen LogP contribution in [0.25, 0.3) is 67.1 Å². The summed E-state index contributed by atoms with van der Waals surface area (Å²) >= 11 is 5.87. The third-order valence-corrected chi connectivity index (χ3v) is 26.3. The van der Waals surface area contributed by atoms with Crippen molar-refractivity contribution in [2.24, 2.45) is 0 Å².